The standard InChI is InChI=1S/C12H20N6O3/c1-8(2)7-14-12-15-10(13)9(18(19)20)11(16-12)17-3-5-21-6-4-17/h8H,3-7H2,1-2H3,(H3,13,14,15,16). The summed E-state index contributed by atoms with van der Waals surface area (Å²) in [6.45, 7) is 6.86. The maximum absolute atomic E-state index is 11.2. The number of hydrogen-bond donors (Lipinski definition) is 2. The molecule has 0 radical (unpaired) electrons. The molecule has 1 aliphatic rings. The van der Waals surface area contributed by atoms with Crippen molar-refractivity contribution in [1.82, 2.24) is 9.97 Å². The van der Waals surface area contributed by atoms with Crippen LogP contribution >= 0.6 is 0 Å². The van der Waals surface area contributed by atoms with Crippen LogP contribution in [-0.2, 0) is 4.74 Å². The average molecular weight is 296 g/mol. The van der Waals surface area contributed by atoms with Crippen molar-refractivity contribution in [1.29, 1.82) is 0 Å². The Morgan fingerprint density at radius 2 is 2.10 bits per heavy atom. The third-order valence-electron chi connectivity index (χ3n) is 3.05. The van der Waals surface area contributed by atoms with Gasteiger partial charge in [-0.1, -0.05) is 13.8 Å². The minimum Gasteiger partial charge on any atom is -0.378 e. The summed E-state index contributed by atoms with van der Waals surface area (Å²) in [6.07, 6.45) is 0. The Kier molecular flexibility index (Phi) is 4.73. The van der Waals surface area contributed by atoms with Gasteiger partial charge < -0.3 is 20.7 Å². The van der Waals surface area contributed by atoms with Crippen molar-refractivity contribution in [2.45, 2.75) is 13.8 Å². The number of nitrogens with one attached hydrogen (secondary N) is 1. The fraction of sp³-hybridized carbons (Fsp3) is 0.667. The maximum Gasteiger partial charge on any atom is 0.353 e. The highest BCUT2D eigenvalue weighted by Crippen LogP contribution is 2.32. The summed E-state index contributed by atoms with van der Waals surface area (Å²) in [5.41, 5.74) is 5.50. The first-order valence-electron chi connectivity index (χ1n) is 6.87. The zero-order chi connectivity index (χ0) is 15.4. The topological polar surface area (TPSA) is 119 Å². The summed E-state index contributed by atoms with van der Waals surface area (Å²) >= 11 is 0. The van der Waals surface area contributed by atoms with E-state index >= 15 is 0 Å². The summed E-state index contributed by atoms with van der Waals surface area (Å²) in [5, 5.41) is 14.3. The van der Waals surface area contributed by atoms with E-state index in [-0.39, 0.29) is 17.3 Å². The summed E-state index contributed by atoms with van der Waals surface area (Å²) < 4.78 is 5.26. The third-order valence-corrected chi connectivity index (χ3v) is 3.05. The van der Waals surface area contributed by atoms with Gasteiger partial charge in [-0.3, -0.25) is 10.1 Å². The third kappa shape index (κ3) is 3.69. The van der Waals surface area contributed by atoms with E-state index in [0.29, 0.717) is 44.7 Å². The molecule has 1 aromatic heterocycles. The van der Waals surface area contributed by atoms with Crippen molar-refractivity contribution in [3.8, 4) is 0 Å². The smallest absolute Gasteiger partial charge is 0.353 e. The second-order valence-electron chi connectivity index (χ2n) is 5.24. The lowest BCUT2D eigenvalue weighted by Gasteiger charge is -2.27. The van der Waals surface area contributed by atoms with Gasteiger partial charge in [0, 0.05) is 19.6 Å². The van der Waals surface area contributed by atoms with Crippen LogP contribution in [0.5, 0.6) is 0 Å². The fourth-order valence-electron chi connectivity index (χ4n) is 2.01. The molecule has 0 unspecified atom stereocenters. The van der Waals surface area contributed by atoms with E-state index in [4.69, 9.17) is 10.5 Å². The number of anilines is 3. The summed E-state index contributed by atoms with van der Waals surface area (Å²) in [6, 6.07) is 0. The molecule has 1 saturated heterocycles. The van der Waals surface area contributed by atoms with Crippen LogP contribution in [0.25, 0.3) is 0 Å². The van der Waals surface area contributed by atoms with Crippen LogP contribution in [0.4, 0.5) is 23.3 Å². The summed E-state index contributed by atoms with van der Waals surface area (Å²) in [4.78, 5) is 20.8. The largest absolute Gasteiger partial charge is 0.378 e. The maximum atomic E-state index is 11.2. The molecule has 0 bridgehead atoms. The summed E-state index contributed by atoms with van der Waals surface area (Å²) in [5.74, 6) is 0.843. The number of hydrogen-bond acceptors (Lipinski definition) is 8. The van der Waals surface area contributed by atoms with Crippen molar-refractivity contribution in [2.24, 2.45) is 5.92 Å². The normalized spacial score (nSPS) is 15.3. The molecule has 1 fully saturated rings. The van der Waals surface area contributed by atoms with Crippen molar-refractivity contribution in [3.05, 3.63) is 10.1 Å². The SMILES string of the molecule is CC(C)CNc1nc(N)c([N+](=O)[O-])c(N2CCOCC2)n1. The van der Waals surface area contributed by atoms with Gasteiger partial charge in [0.2, 0.25) is 17.6 Å². The predicted octanol–water partition coefficient (Wildman–Crippen LogP) is 0.871. The zero-order valence-electron chi connectivity index (χ0n) is 12.2. The molecule has 0 aromatic carbocycles. The average Bonchev–Trinajstić information content (AvgIpc) is 2.45. The number of ether oxygens (including phenoxy) is 1. The molecule has 9 nitrogen and oxygen atoms in total. The van der Waals surface area contributed by atoms with Crippen molar-refractivity contribution < 1.29 is 9.66 Å². The van der Waals surface area contributed by atoms with Crippen LogP contribution in [0, 0.1) is 16.0 Å². The minimum absolute atomic E-state index is 0.122. The monoisotopic (exact) mass is 296 g/mol. The molecule has 0 saturated carbocycles. The van der Waals surface area contributed by atoms with Crippen molar-refractivity contribution in [3.63, 3.8) is 0 Å². The van der Waals surface area contributed by atoms with Crippen molar-refractivity contribution >= 4 is 23.3 Å². The number of nitrogens with two attached hydrogens (primary N) is 1. The van der Waals surface area contributed by atoms with E-state index in [1.807, 2.05) is 13.8 Å². The lowest BCUT2D eigenvalue weighted by atomic mass is 10.2. The van der Waals surface area contributed by atoms with Crippen LogP contribution in [0.1, 0.15) is 13.8 Å². The number of aromatic nitrogens is 2. The van der Waals surface area contributed by atoms with Gasteiger partial charge in [0.05, 0.1) is 18.1 Å². The molecule has 116 valence electrons. The van der Waals surface area contributed by atoms with Gasteiger partial charge in [0.1, 0.15) is 0 Å². The van der Waals surface area contributed by atoms with E-state index in [9.17, 15) is 10.1 Å². The van der Waals surface area contributed by atoms with Gasteiger partial charge in [0.25, 0.3) is 0 Å². The van der Waals surface area contributed by atoms with Crippen LogP contribution in [-0.4, -0.2) is 47.7 Å². The van der Waals surface area contributed by atoms with E-state index in [0.717, 1.165) is 0 Å². The van der Waals surface area contributed by atoms with Gasteiger partial charge in [-0.25, -0.2) is 0 Å². The number of rotatable bonds is 5. The molecule has 0 amide bonds. The highest BCUT2D eigenvalue weighted by atomic mass is 16.6. The lowest BCUT2D eigenvalue weighted by molar-refractivity contribution is -0.383. The number of nitrogens with zero attached hydrogens (tertiary/aromatic N) is 4. The van der Waals surface area contributed by atoms with Crippen molar-refractivity contribution in [2.75, 3.05) is 48.8 Å². The number of nitro groups is 1. The molecule has 3 N–H and O–H groups in total. The van der Waals surface area contributed by atoms with E-state index < -0.39 is 4.92 Å². The Labute approximate surface area is 122 Å². The molecule has 1 aliphatic heterocycles. The highest BCUT2D eigenvalue weighted by molar-refractivity contribution is 5.71. The van der Waals surface area contributed by atoms with E-state index in [1.165, 1.54) is 0 Å². The van der Waals surface area contributed by atoms with Crippen LogP contribution in [0.15, 0.2) is 0 Å². The molecule has 9 heteroatoms. The Hall–Kier alpha value is -2.16. The van der Waals surface area contributed by atoms with Crippen LogP contribution in [0.2, 0.25) is 0 Å². The number of nitrogen functional groups attached to an aromatic ring is 1. The highest BCUT2D eigenvalue weighted by Gasteiger charge is 2.28. The van der Waals surface area contributed by atoms with Gasteiger partial charge in [0.15, 0.2) is 0 Å². The second kappa shape index (κ2) is 6.53. The van der Waals surface area contributed by atoms with Gasteiger partial charge in [-0.05, 0) is 5.92 Å². The molecule has 21 heavy (non-hydrogen) atoms. The van der Waals surface area contributed by atoms with Gasteiger partial charge >= 0.3 is 5.69 Å². The molecule has 2 rings (SSSR count). The van der Waals surface area contributed by atoms with Crippen LogP contribution < -0.4 is 16.0 Å². The van der Waals surface area contributed by atoms with E-state index in [2.05, 4.69) is 15.3 Å². The summed E-state index contributed by atoms with van der Waals surface area (Å²) in [7, 11) is 0. The van der Waals surface area contributed by atoms with Gasteiger partial charge in [-0.2, -0.15) is 9.97 Å². The fourth-order valence-corrected chi connectivity index (χ4v) is 2.01. The molecule has 0 spiro atoms. The lowest BCUT2D eigenvalue weighted by Crippen LogP contribution is -2.37. The first-order chi connectivity index (χ1) is 9.99. The molecular formula is C12H20N6O3. The first-order valence-corrected chi connectivity index (χ1v) is 6.87. The molecule has 0 atom stereocenters. The minimum atomic E-state index is -0.535. The molecule has 1 aromatic rings. The molecular weight excluding hydrogens is 276 g/mol. The Morgan fingerprint density at radius 3 is 2.67 bits per heavy atom. The Morgan fingerprint density at radius 1 is 1.43 bits per heavy atom. The second-order valence-corrected chi connectivity index (χ2v) is 5.24. The van der Waals surface area contributed by atoms with E-state index in [1.54, 1.807) is 4.90 Å². The number of morpholine rings is 1. The van der Waals surface area contributed by atoms with Gasteiger partial charge in [-0.15, -0.1) is 0 Å². The first kappa shape index (κ1) is 15.2. The predicted molar refractivity (Wildman–Crippen MR) is 79.5 cm³/mol. The molecule has 2 heterocycles. The Bertz CT molecular complexity index is 516. The quantitative estimate of drug-likeness (QED) is 0.606. The Balaban J connectivity index is 2.35. The van der Waals surface area contributed by atoms with Crippen LogP contribution in [0.3, 0.4) is 0 Å². The zero-order valence-corrected chi connectivity index (χ0v) is 12.2. The molecule has 0 aliphatic carbocycles.